The van der Waals surface area contributed by atoms with Gasteiger partial charge in [-0.2, -0.15) is 0 Å². The van der Waals surface area contributed by atoms with Gasteiger partial charge in [-0.3, -0.25) is 4.99 Å². The van der Waals surface area contributed by atoms with Gasteiger partial charge < -0.3 is 9.47 Å². The molecule has 3 heteroatoms. The molecule has 0 aromatic carbocycles. The molecule has 0 amide bonds. The molecule has 0 aromatic rings. The van der Waals surface area contributed by atoms with Crippen molar-refractivity contribution in [3.05, 3.63) is 23.3 Å². The second kappa shape index (κ2) is 7.63. The number of hydrogen-bond donors (Lipinski definition) is 0. The Bertz CT molecular complexity index is 396. The molecule has 0 N–H and O–H groups in total. The average Bonchev–Trinajstić information content (AvgIpc) is 2.51. The van der Waals surface area contributed by atoms with E-state index in [2.05, 4.69) is 46.3 Å². The summed E-state index contributed by atoms with van der Waals surface area (Å²) in [6.07, 6.45) is 3.87. The van der Waals surface area contributed by atoms with Crippen molar-refractivity contribution in [2.24, 2.45) is 16.8 Å². The van der Waals surface area contributed by atoms with Crippen LogP contribution < -0.4 is 0 Å². The Balaban J connectivity index is 3.26. The maximum Gasteiger partial charge on any atom is 0.154 e. The molecule has 1 aliphatic rings. The van der Waals surface area contributed by atoms with Gasteiger partial charge in [-0.05, 0) is 44.9 Å². The number of allylic oxidation sites excluding steroid dienone is 2. The fourth-order valence-corrected chi connectivity index (χ4v) is 2.85. The lowest BCUT2D eigenvalue weighted by atomic mass is 9.86. The Hall–Kier alpha value is -1.09. The Labute approximate surface area is 123 Å². The summed E-state index contributed by atoms with van der Waals surface area (Å²) in [5.74, 6) is 2.66. The summed E-state index contributed by atoms with van der Waals surface area (Å²) in [7, 11) is 0. The average molecular weight is 279 g/mol. The summed E-state index contributed by atoms with van der Waals surface area (Å²) < 4.78 is 12.3. The van der Waals surface area contributed by atoms with Gasteiger partial charge in [-0.1, -0.05) is 34.1 Å². The van der Waals surface area contributed by atoms with E-state index < -0.39 is 0 Å². The largest absolute Gasteiger partial charge is 0.462 e. The Morgan fingerprint density at radius 1 is 1.40 bits per heavy atom. The highest BCUT2D eigenvalue weighted by Crippen LogP contribution is 2.34. The summed E-state index contributed by atoms with van der Waals surface area (Å²) in [5.41, 5.74) is 0.899. The van der Waals surface area contributed by atoms with Crippen LogP contribution in [0.3, 0.4) is 0 Å². The highest BCUT2D eigenvalue weighted by Gasteiger charge is 2.33. The lowest BCUT2D eigenvalue weighted by Crippen LogP contribution is -2.32. The molecule has 0 aliphatic carbocycles. The molecule has 0 aromatic heterocycles. The van der Waals surface area contributed by atoms with Crippen molar-refractivity contribution in [2.75, 3.05) is 0 Å². The van der Waals surface area contributed by atoms with E-state index in [0.29, 0.717) is 11.8 Å². The van der Waals surface area contributed by atoms with Crippen LogP contribution >= 0.6 is 0 Å². The van der Waals surface area contributed by atoms with Crippen LogP contribution in [-0.4, -0.2) is 18.9 Å². The predicted molar refractivity (Wildman–Crippen MR) is 84.7 cm³/mol. The Morgan fingerprint density at radius 2 is 2.05 bits per heavy atom. The minimum absolute atomic E-state index is 0.0493. The van der Waals surface area contributed by atoms with Gasteiger partial charge in [0.2, 0.25) is 0 Å². The third kappa shape index (κ3) is 3.95. The molecule has 3 unspecified atom stereocenters. The molecule has 1 heterocycles. The molecule has 0 saturated heterocycles. The van der Waals surface area contributed by atoms with E-state index in [1.165, 1.54) is 0 Å². The van der Waals surface area contributed by atoms with Crippen LogP contribution in [0.4, 0.5) is 0 Å². The molecular formula is C17H29NO2. The normalized spacial score (nSPS) is 27.4. The van der Waals surface area contributed by atoms with E-state index >= 15 is 0 Å². The first-order chi connectivity index (χ1) is 9.44. The molecule has 0 spiro atoms. The van der Waals surface area contributed by atoms with Gasteiger partial charge in [-0.25, -0.2) is 0 Å². The first kappa shape index (κ1) is 17.0. The van der Waals surface area contributed by atoms with Crippen LogP contribution in [0.1, 0.15) is 54.4 Å². The third-order valence-corrected chi connectivity index (χ3v) is 3.89. The first-order valence-electron chi connectivity index (χ1n) is 7.65. The zero-order valence-corrected chi connectivity index (χ0v) is 13.8. The summed E-state index contributed by atoms with van der Waals surface area (Å²) >= 11 is 0. The molecule has 114 valence electrons. The SMILES string of the molecule is C=N/C(CC)=C1/OC(C)=CC(C)OC1C(CC)C(C)C. The quantitative estimate of drug-likeness (QED) is 0.683. The van der Waals surface area contributed by atoms with Gasteiger partial charge in [0.15, 0.2) is 5.76 Å². The van der Waals surface area contributed by atoms with Crippen molar-refractivity contribution in [1.82, 2.24) is 0 Å². The molecule has 0 saturated carbocycles. The smallest absolute Gasteiger partial charge is 0.154 e. The highest BCUT2D eigenvalue weighted by molar-refractivity contribution is 5.31. The van der Waals surface area contributed by atoms with Crippen LogP contribution in [0.15, 0.2) is 28.3 Å². The highest BCUT2D eigenvalue weighted by atomic mass is 16.6. The summed E-state index contributed by atoms with van der Waals surface area (Å²) in [6.45, 7) is 16.5. The molecule has 3 atom stereocenters. The van der Waals surface area contributed by atoms with Gasteiger partial charge in [0.25, 0.3) is 0 Å². The van der Waals surface area contributed by atoms with Gasteiger partial charge >= 0.3 is 0 Å². The molecule has 3 nitrogen and oxygen atoms in total. The van der Waals surface area contributed by atoms with Crippen molar-refractivity contribution < 1.29 is 9.47 Å². The molecule has 0 fully saturated rings. The predicted octanol–water partition coefficient (Wildman–Crippen LogP) is 4.70. The third-order valence-electron chi connectivity index (χ3n) is 3.89. The zero-order valence-electron chi connectivity index (χ0n) is 13.8. The second-order valence-electron chi connectivity index (χ2n) is 5.78. The van der Waals surface area contributed by atoms with Gasteiger partial charge in [0.1, 0.15) is 6.10 Å². The van der Waals surface area contributed by atoms with Crippen LogP contribution in [0.2, 0.25) is 0 Å². The number of rotatable bonds is 5. The van der Waals surface area contributed by atoms with Crippen LogP contribution in [0.25, 0.3) is 0 Å². The first-order valence-corrected chi connectivity index (χ1v) is 7.65. The van der Waals surface area contributed by atoms with E-state index in [-0.39, 0.29) is 12.2 Å². The molecule has 1 rings (SSSR count). The molecular weight excluding hydrogens is 250 g/mol. The van der Waals surface area contributed by atoms with Crippen molar-refractivity contribution in [1.29, 1.82) is 0 Å². The Kier molecular flexibility index (Phi) is 6.47. The molecule has 0 radical (unpaired) electrons. The fraction of sp³-hybridized carbons (Fsp3) is 0.706. The molecule has 20 heavy (non-hydrogen) atoms. The maximum atomic E-state index is 6.25. The number of hydrogen-bond acceptors (Lipinski definition) is 3. The van der Waals surface area contributed by atoms with E-state index in [1.807, 2.05) is 13.0 Å². The van der Waals surface area contributed by atoms with E-state index in [0.717, 1.165) is 30.1 Å². The number of aliphatic imine (C=N–C) groups is 1. The zero-order chi connectivity index (χ0) is 15.3. The minimum atomic E-state index is -0.0517. The van der Waals surface area contributed by atoms with Crippen molar-refractivity contribution in [2.45, 2.75) is 66.6 Å². The van der Waals surface area contributed by atoms with E-state index in [1.54, 1.807) is 0 Å². The van der Waals surface area contributed by atoms with Gasteiger partial charge in [-0.15, -0.1) is 0 Å². The number of nitrogens with zero attached hydrogens (tertiary/aromatic N) is 1. The summed E-state index contributed by atoms with van der Waals surface area (Å²) in [5, 5.41) is 0. The molecule has 0 bridgehead atoms. The lowest BCUT2D eigenvalue weighted by Gasteiger charge is -2.31. The topological polar surface area (TPSA) is 30.8 Å². The summed E-state index contributed by atoms with van der Waals surface area (Å²) in [6, 6.07) is 0. The minimum Gasteiger partial charge on any atom is -0.462 e. The van der Waals surface area contributed by atoms with Crippen molar-refractivity contribution in [3.8, 4) is 0 Å². The second-order valence-corrected chi connectivity index (χ2v) is 5.78. The monoisotopic (exact) mass is 279 g/mol. The van der Waals surface area contributed by atoms with Crippen LogP contribution in [0, 0.1) is 11.8 Å². The van der Waals surface area contributed by atoms with E-state index in [9.17, 15) is 0 Å². The van der Waals surface area contributed by atoms with Gasteiger partial charge in [0, 0.05) is 0 Å². The Morgan fingerprint density at radius 3 is 2.50 bits per heavy atom. The standard InChI is InChI=1S/C17H29NO2/c1-8-14(11(3)4)16-17(15(9-2)18-7)20-13(6)10-12(5)19-16/h10-12,14,16H,7-9H2,1-6H3/b17-15+. The lowest BCUT2D eigenvalue weighted by molar-refractivity contribution is -0.0221. The van der Waals surface area contributed by atoms with Gasteiger partial charge in [0.05, 0.1) is 17.6 Å². The van der Waals surface area contributed by atoms with Crippen molar-refractivity contribution in [3.63, 3.8) is 0 Å². The van der Waals surface area contributed by atoms with Crippen LogP contribution in [-0.2, 0) is 9.47 Å². The summed E-state index contributed by atoms with van der Waals surface area (Å²) in [4.78, 5) is 4.16. The molecule has 1 aliphatic heterocycles. The fourth-order valence-electron chi connectivity index (χ4n) is 2.85. The van der Waals surface area contributed by atoms with E-state index in [4.69, 9.17) is 9.47 Å². The van der Waals surface area contributed by atoms with Crippen LogP contribution in [0.5, 0.6) is 0 Å². The maximum absolute atomic E-state index is 6.25. The number of ether oxygens (including phenoxy) is 2. The van der Waals surface area contributed by atoms with Crippen molar-refractivity contribution >= 4 is 6.72 Å².